The Hall–Kier alpha value is -0.0800. The highest BCUT2D eigenvalue weighted by Gasteiger charge is 2.20. The topological polar surface area (TPSA) is 21.3 Å². The van der Waals surface area contributed by atoms with Crippen molar-refractivity contribution in [3.63, 3.8) is 0 Å². The normalized spacial score (nSPS) is 20.2. The minimum absolute atomic E-state index is 0.880. The van der Waals surface area contributed by atoms with E-state index < -0.39 is 0 Å². The lowest BCUT2D eigenvalue weighted by Gasteiger charge is -2.04. The number of nitrogens with one attached hydrogen (secondary N) is 1. The molecule has 2 nitrogen and oxygen atoms in total. The van der Waals surface area contributed by atoms with Crippen molar-refractivity contribution in [1.29, 1.82) is 0 Å². The monoisotopic (exact) mass is 225 g/mol. The molecule has 16 heavy (non-hydrogen) atoms. The van der Waals surface area contributed by atoms with Gasteiger partial charge in [-0.25, -0.2) is 0 Å². The van der Waals surface area contributed by atoms with Gasteiger partial charge in [0.1, 0.15) is 0 Å². The molecule has 0 aromatic carbocycles. The van der Waals surface area contributed by atoms with E-state index in [0.717, 1.165) is 25.2 Å². The van der Waals surface area contributed by atoms with Crippen molar-refractivity contribution in [3.05, 3.63) is 0 Å². The first-order chi connectivity index (χ1) is 7.95. The van der Waals surface area contributed by atoms with Crippen LogP contribution in [0, 0.1) is 5.92 Å². The Morgan fingerprint density at radius 2 is 1.69 bits per heavy atom. The van der Waals surface area contributed by atoms with Crippen molar-refractivity contribution in [3.8, 4) is 0 Å². The Morgan fingerprint density at radius 1 is 0.875 bits per heavy atom. The summed E-state index contributed by atoms with van der Waals surface area (Å²) in [7, 11) is 0. The van der Waals surface area contributed by atoms with Crippen LogP contribution in [-0.4, -0.2) is 25.8 Å². The maximum absolute atomic E-state index is 5.62. The van der Waals surface area contributed by atoms with Crippen LogP contribution in [0.5, 0.6) is 0 Å². The molecule has 0 unspecified atom stereocenters. The van der Waals surface area contributed by atoms with Gasteiger partial charge in [-0.15, -0.1) is 0 Å². The van der Waals surface area contributed by atoms with Crippen molar-refractivity contribution < 1.29 is 4.74 Å². The summed E-state index contributed by atoms with van der Waals surface area (Å²) in [6, 6.07) is 0.880. The van der Waals surface area contributed by atoms with Crippen molar-refractivity contribution in [2.75, 3.05) is 19.8 Å². The molecular weight excluding hydrogens is 198 g/mol. The summed E-state index contributed by atoms with van der Waals surface area (Å²) in [4.78, 5) is 0. The number of hydrogen-bond donors (Lipinski definition) is 1. The summed E-state index contributed by atoms with van der Waals surface area (Å²) in [5, 5.41) is 3.56. The fourth-order valence-corrected chi connectivity index (χ4v) is 2.03. The van der Waals surface area contributed by atoms with E-state index in [1.807, 2.05) is 0 Å². The van der Waals surface area contributed by atoms with Crippen molar-refractivity contribution >= 4 is 0 Å². The van der Waals surface area contributed by atoms with Crippen LogP contribution in [0.15, 0.2) is 0 Å². The summed E-state index contributed by atoms with van der Waals surface area (Å²) in [5.74, 6) is 1.02. The van der Waals surface area contributed by atoms with Crippen molar-refractivity contribution in [2.45, 2.75) is 63.8 Å². The molecule has 2 aliphatic rings. The summed E-state index contributed by atoms with van der Waals surface area (Å²) in [6.07, 6.45) is 12.4. The fraction of sp³-hybridized carbons (Fsp3) is 1.00. The highest BCUT2D eigenvalue weighted by atomic mass is 16.5. The van der Waals surface area contributed by atoms with E-state index in [1.165, 1.54) is 64.3 Å². The highest BCUT2D eigenvalue weighted by molar-refractivity contribution is 4.80. The van der Waals surface area contributed by atoms with E-state index in [2.05, 4.69) is 5.32 Å². The van der Waals surface area contributed by atoms with Crippen LogP contribution in [-0.2, 0) is 4.74 Å². The molecule has 0 saturated heterocycles. The standard InChI is InChI=1S/C14H27NO/c1(3-10-15-14-7-8-14)2-4-11-16-12-9-13-5-6-13/h13-15H,1-12H2. The fourth-order valence-electron chi connectivity index (χ4n) is 2.03. The van der Waals surface area contributed by atoms with E-state index in [-0.39, 0.29) is 0 Å². The molecule has 0 aromatic heterocycles. The van der Waals surface area contributed by atoms with Crippen LogP contribution in [0.25, 0.3) is 0 Å². The molecular formula is C14H27NO. The van der Waals surface area contributed by atoms with Crippen LogP contribution in [0.1, 0.15) is 57.8 Å². The third kappa shape index (κ3) is 6.49. The Bertz CT molecular complexity index is 156. The first-order valence-corrected chi connectivity index (χ1v) is 7.26. The van der Waals surface area contributed by atoms with Gasteiger partial charge >= 0.3 is 0 Å². The summed E-state index contributed by atoms with van der Waals surface area (Å²) < 4.78 is 5.62. The van der Waals surface area contributed by atoms with Crippen LogP contribution in [0.3, 0.4) is 0 Å². The minimum atomic E-state index is 0.880. The first-order valence-electron chi connectivity index (χ1n) is 7.26. The third-order valence-electron chi connectivity index (χ3n) is 3.59. The Kier molecular flexibility index (Phi) is 5.64. The van der Waals surface area contributed by atoms with E-state index in [4.69, 9.17) is 4.74 Å². The van der Waals surface area contributed by atoms with E-state index >= 15 is 0 Å². The van der Waals surface area contributed by atoms with E-state index in [1.54, 1.807) is 0 Å². The molecule has 0 atom stereocenters. The van der Waals surface area contributed by atoms with Gasteiger partial charge in [-0.3, -0.25) is 0 Å². The molecule has 0 bridgehead atoms. The lowest BCUT2D eigenvalue weighted by atomic mass is 10.2. The second-order valence-corrected chi connectivity index (χ2v) is 5.49. The number of rotatable bonds is 11. The van der Waals surface area contributed by atoms with Crippen molar-refractivity contribution in [2.24, 2.45) is 5.92 Å². The second kappa shape index (κ2) is 7.29. The minimum Gasteiger partial charge on any atom is -0.381 e. The molecule has 2 heteroatoms. The zero-order chi connectivity index (χ0) is 11.1. The van der Waals surface area contributed by atoms with Gasteiger partial charge in [0, 0.05) is 19.3 Å². The van der Waals surface area contributed by atoms with Gasteiger partial charge < -0.3 is 10.1 Å². The van der Waals surface area contributed by atoms with Gasteiger partial charge in [-0.2, -0.15) is 0 Å². The summed E-state index contributed by atoms with van der Waals surface area (Å²) in [5.41, 5.74) is 0. The molecule has 1 N–H and O–H groups in total. The van der Waals surface area contributed by atoms with Crippen LogP contribution >= 0.6 is 0 Å². The molecule has 0 radical (unpaired) electrons. The van der Waals surface area contributed by atoms with E-state index in [0.29, 0.717) is 0 Å². The predicted molar refractivity (Wildman–Crippen MR) is 67.7 cm³/mol. The second-order valence-electron chi connectivity index (χ2n) is 5.49. The molecule has 2 rings (SSSR count). The number of ether oxygens (including phenoxy) is 1. The van der Waals surface area contributed by atoms with Crippen LogP contribution < -0.4 is 5.32 Å². The molecule has 0 heterocycles. The zero-order valence-corrected chi connectivity index (χ0v) is 10.5. The van der Waals surface area contributed by atoms with Gasteiger partial charge in [-0.05, 0) is 44.6 Å². The summed E-state index contributed by atoms with van der Waals surface area (Å²) >= 11 is 0. The molecule has 0 amide bonds. The average molecular weight is 225 g/mol. The molecule has 0 aromatic rings. The van der Waals surface area contributed by atoms with Crippen LogP contribution in [0.4, 0.5) is 0 Å². The smallest absolute Gasteiger partial charge is 0.0468 e. The maximum Gasteiger partial charge on any atom is 0.0468 e. The lowest BCUT2D eigenvalue weighted by molar-refractivity contribution is 0.124. The Morgan fingerprint density at radius 3 is 2.44 bits per heavy atom. The molecule has 0 aliphatic heterocycles. The van der Waals surface area contributed by atoms with Crippen molar-refractivity contribution in [1.82, 2.24) is 5.32 Å². The largest absolute Gasteiger partial charge is 0.381 e. The molecule has 2 saturated carbocycles. The van der Waals surface area contributed by atoms with Gasteiger partial charge in [0.05, 0.1) is 0 Å². The van der Waals surface area contributed by atoms with Crippen LogP contribution in [0.2, 0.25) is 0 Å². The van der Waals surface area contributed by atoms with Gasteiger partial charge in [0.25, 0.3) is 0 Å². The molecule has 2 aliphatic carbocycles. The van der Waals surface area contributed by atoms with Gasteiger partial charge in [0.2, 0.25) is 0 Å². The maximum atomic E-state index is 5.62. The number of hydrogen-bond acceptors (Lipinski definition) is 2. The Balaban J connectivity index is 1.22. The average Bonchev–Trinajstić information content (AvgIpc) is 3.14. The first kappa shape index (κ1) is 12.4. The SMILES string of the molecule is C(CCCOCCC1CC1)CCNC1CC1. The third-order valence-corrected chi connectivity index (χ3v) is 3.59. The predicted octanol–water partition coefficient (Wildman–Crippen LogP) is 3.12. The highest BCUT2D eigenvalue weighted by Crippen LogP contribution is 2.32. The lowest BCUT2D eigenvalue weighted by Crippen LogP contribution is -2.17. The van der Waals surface area contributed by atoms with Gasteiger partial charge in [0.15, 0.2) is 0 Å². The number of unbranched alkanes of at least 4 members (excludes halogenated alkanes) is 3. The molecule has 94 valence electrons. The molecule has 2 fully saturated rings. The Labute approximate surface area is 100 Å². The molecule has 0 spiro atoms. The van der Waals surface area contributed by atoms with Gasteiger partial charge in [-0.1, -0.05) is 25.7 Å². The van der Waals surface area contributed by atoms with E-state index in [9.17, 15) is 0 Å². The quantitative estimate of drug-likeness (QED) is 0.546. The summed E-state index contributed by atoms with van der Waals surface area (Å²) in [6.45, 7) is 3.23. The zero-order valence-electron chi connectivity index (χ0n) is 10.5.